The van der Waals surface area contributed by atoms with Gasteiger partial charge in [0.1, 0.15) is 0 Å². The average Bonchev–Trinajstić information content (AvgIpc) is 3.64. The summed E-state index contributed by atoms with van der Waals surface area (Å²) in [6, 6.07) is 102. The van der Waals surface area contributed by atoms with Gasteiger partial charge in [0.2, 0.25) is 0 Å². The lowest BCUT2D eigenvalue weighted by Crippen LogP contribution is -2.14. The third-order valence-electron chi connectivity index (χ3n) is 17.3. The molecule has 2 aromatic heterocycles. The van der Waals surface area contributed by atoms with Gasteiger partial charge in [-0.05, 0) is 156 Å². The molecule has 80 heavy (non-hydrogen) atoms. The van der Waals surface area contributed by atoms with E-state index in [0.717, 1.165) is 5.69 Å². The molecule has 15 aromatic carbocycles. The molecule has 3 heterocycles. The highest BCUT2D eigenvalue weighted by Crippen LogP contribution is 2.55. The summed E-state index contributed by atoms with van der Waals surface area (Å²) in [7, 11) is 0. The van der Waals surface area contributed by atoms with Gasteiger partial charge in [-0.25, -0.2) is 0 Å². The van der Waals surface area contributed by atoms with E-state index in [9.17, 15) is 0 Å². The lowest BCUT2D eigenvalue weighted by atomic mass is 9.90. The van der Waals surface area contributed by atoms with Gasteiger partial charge in [-0.2, -0.15) is 0 Å². The van der Waals surface area contributed by atoms with Gasteiger partial charge in [-0.3, -0.25) is 0 Å². The summed E-state index contributed by atoms with van der Waals surface area (Å²) in [5, 5.41) is 20.2. The largest absolute Gasteiger partial charge is 0.309 e. The zero-order valence-corrected chi connectivity index (χ0v) is 44.0. The molecule has 18 rings (SSSR count). The molecule has 1 aliphatic rings. The summed E-state index contributed by atoms with van der Waals surface area (Å²) in [4.78, 5) is 4.90. The van der Waals surface area contributed by atoms with Crippen LogP contribution in [0.2, 0.25) is 0 Å². The fourth-order valence-corrected chi connectivity index (χ4v) is 15.0. The van der Waals surface area contributed by atoms with Crippen LogP contribution in [-0.2, 0) is 0 Å². The first kappa shape index (κ1) is 43.9. The number of nitrogens with zero attached hydrogens (tertiary/aromatic N) is 3. The molecule has 4 heteroatoms. The summed E-state index contributed by atoms with van der Waals surface area (Å²) in [5.41, 5.74) is 15.6. The molecule has 0 unspecified atom stereocenters. The van der Waals surface area contributed by atoms with E-state index in [2.05, 4.69) is 287 Å². The standard InChI is InChI=1S/C76H45N3S/c1-2-21-54(22-3-1)77-67-38-34-49(44-70(67)80-71-45-53(35-39-68(71)77)72-56-23-8-6-18-50(56)40-51-19-7-9-24-57(51)72)48-33-37-66-63(42-48)58-25-10-12-30-64(58)79(66)69-43-52-20-14-28-61-73(52)74-60(69)27-15-29-62(74)76-75(61)59-26-11-13-31-65(59)78(76)55-36-32-46-16-4-5-17-47(46)41-55/h1-45H. The van der Waals surface area contributed by atoms with Gasteiger partial charge in [0.25, 0.3) is 0 Å². The monoisotopic (exact) mass is 1030 g/mol. The summed E-state index contributed by atoms with van der Waals surface area (Å²) in [6.07, 6.45) is 0. The van der Waals surface area contributed by atoms with Crippen LogP contribution < -0.4 is 4.90 Å². The Morgan fingerprint density at radius 2 is 0.812 bits per heavy atom. The third kappa shape index (κ3) is 6.22. The van der Waals surface area contributed by atoms with Crippen molar-refractivity contribution in [1.29, 1.82) is 0 Å². The van der Waals surface area contributed by atoms with Crippen molar-refractivity contribution >= 4 is 137 Å². The topological polar surface area (TPSA) is 13.1 Å². The van der Waals surface area contributed by atoms with E-state index in [0.29, 0.717) is 0 Å². The highest BCUT2D eigenvalue weighted by molar-refractivity contribution is 7.99. The fraction of sp³-hybridized carbons (Fsp3) is 0. The Morgan fingerprint density at radius 3 is 1.60 bits per heavy atom. The Bertz CT molecular complexity index is 5420. The van der Waals surface area contributed by atoms with Crippen LogP contribution in [0.4, 0.5) is 17.1 Å². The number of para-hydroxylation sites is 3. The van der Waals surface area contributed by atoms with Crippen LogP contribution in [0.3, 0.4) is 0 Å². The van der Waals surface area contributed by atoms with E-state index in [1.807, 2.05) is 11.8 Å². The Kier molecular flexibility index (Phi) is 9.16. The number of rotatable bonds is 5. The molecular weight excluding hydrogens is 987 g/mol. The van der Waals surface area contributed by atoms with Gasteiger partial charge in [0.15, 0.2) is 0 Å². The molecule has 0 aliphatic carbocycles. The SMILES string of the molecule is c1ccc(N2c3ccc(-c4ccc5c(c4)c4ccccc4n5-c4cc5cccc6c5c5c4cccc5c4c6c5ccccc5n4-c4ccc5ccccc5c4)cc3Sc3cc(-c4c5ccccc5cc5ccccc45)ccc32)cc1. The zero-order valence-electron chi connectivity index (χ0n) is 43.2. The molecule has 0 radical (unpaired) electrons. The van der Waals surface area contributed by atoms with Crippen LogP contribution in [0.1, 0.15) is 0 Å². The molecule has 0 amide bonds. The molecule has 370 valence electrons. The van der Waals surface area contributed by atoms with Crippen LogP contribution in [0, 0.1) is 0 Å². The first-order chi connectivity index (χ1) is 39.7. The van der Waals surface area contributed by atoms with Crippen molar-refractivity contribution in [1.82, 2.24) is 9.13 Å². The highest BCUT2D eigenvalue weighted by atomic mass is 32.2. The van der Waals surface area contributed by atoms with Gasteiger partial charge in [0.05, 0.1) is 39.1 Å². The first-order valence-corrected chi connectivity index (χ1v) is 28.4. The molecular formula is C76H45N3S. The van der Waals surface area contributed by atoms with Crippen molar-refractivity contribution in [3.63, 3.8) is 0 Å². The minimum absolute atomic E-state index is 1.14. The van der Waals surface area contributed by atoms with Gasteiger partial charge >= 0.3 is 0 Å². The fourth-order valence-electron chi connectivity index (χ4n) is 13.9. The van der Waals surface area contributed by atoms with Crippen molar-refractivity contribution in [2.45, 2.75) is 9.79 Å². The summed E-state index contributed by atoms with van der Waals surface area (Å²) < 4.78 is 5.05. The quantitative estimate of drug-likeness (QED) is 0.126. The number of anilines is 3. The number of hydrogen-bond donors (Lipinski definition) is 0. The van der Waals surface area contributed by atoms with E-state index < -0.39 is 0 Å². The predicted octanol–water partition coefficient (Wildman–Crippen LogP) is 21.5. The lowest BCUT2D eigenvalue weighted by molar-refractivity contribution is 1.17. The predicted molar refractivity (Wildman–Crippen MR) is 341 cm³/mol. The van der Waals surface area contributed by atoms with Crippen LogP contribution >= 0.6 is 11.8 Å². The minimum atomic E-state index is 1.14. The van der Waals surface area contributed by atoms with Crippen LogP contribution in [0.15, 0.2) is 283 Å². The lowest BCUT2D eigenvalue weighted by Gasteiger charge is -2.33. The second-order valence-electron chi connectivity index (χ2n) is 21.6. The summed E-state index contributed by atoms with van der Waals surface area (Å²) >= 11 is 1.88. The summed E-state index contributed by atoms with van der Waals surface area (Å²) in [5.74, 6) is 0. The molecule has 3 nitrogen and oxygen atoms in total. The van der Waals surface area contributed by atoms with E-state index in [4.69, 9.17) is 0 Å². The van der Waals surface area contributed by atoms with Crippen molar-refractivity contribution in [2.75, 3.05) is 4.90 Å². The third-order valence-corrected chi connectivity index (χ3v) is 18.4. The maximum absolute atomic E-state index is 2.53. The highest BCUT2D eigenvalue weighted by Gasteiger charge is 2.28. The smallest absolute Gasteiger partial charge is 0.0626 e. The Labute approximate surface area is 464 Å². The molecule has 0 N–H and O–H groups in total. The molecule has 17 aromatic rings. The maximum Gasteiger partial charge on any atom is 0.0626 e. The Hall–Kier alpha value is -10.1. The second-order valence-corrected chi connectivity index (χ2v) is 22.6. The molecule has 1 aliphatic heterocycles. The molecule has 0 fully saturated rings. The van der Waals surface area contributed by atoms with E-state index >= 15 is 0 Å². The van der Waals surface area contributed by atoms with Crippen molar-refractivity contribution in [2.24, 2.45) is 0 Å². The Balaban J connectivity index is 0.814. The van der Waals surface area contributed by atoms with Gasteiger partial charge in [0, 0.05) is 58.9 Å². The molecule has 0 atom stereocenters. The van der Waals surface area contributed by atoms with E-state index in [1.54, 1.807) is 0 Å². The minimum Gasteiger partial charge on any atom is -0.309 e. The summed E-state index contributed by atoms with van der Waals surface area (Å²) in [6.45, 7) is 0. The van der Waals surface area contributed by atoms with Gasteiger partial charge < -0.3 is 14.0 Å². The average molecular weight is 1030 g/mol. The van der Waals surface area contributed by atoms with E-state index in [1.165, 1.54) is 163 Å². The zero-order chi connectivity index (χ0) is 52.2. The van der Waals surface area contributed by atoms with Crippen LogP contribution in [0.5, 0.6) is 0 Å². The van der Waals surface area contributed by atoms with Crippen molar-refractivity contribution < 1.29 is 0 Å². The van der Waals surface area contributed by atoms with Crippen molar-refractivity contribution in [3.05, 3.63) is 273 Å². The first-order valence-electron chi connectivity index (χ1n) is 27.6. The molecule has 0 spiro atoms. The van der Waals surface area contributed by atoms with Gasteiger partial charge in [-0.15, -0.1) is 0 Å². The second kappa shape index (κ2) is 16.7. The number of benzene rings is 15. The van der Waals surface area contributed by atoms with Gasteiger partial charge in [-0.1, -0.05) is 200 Å². The Morgan fingerprint density at radius 1 is 0.250 bits per heavy atom. The number of fused-ring (bicyclic) bond motifs is 13. The number of hydrogen-bond acceptors (Lipinski definition) is 2. The van der Waals surface area contributed by atoms with Crippen molar-refractivity contribution in [3.8, 4) is 33.6 Å². The molecule has 0 bridgehead atoms. The molecule has 0 saturated carbocycles. The van der Waals surface area contributed by atoms with E-state index in [-0.39, 0.29) is 0 Å². The maximum atomic E-state index is 2.53. The molecule has 0 saturated heterocycles. The van der Waals surface area contributed by atoms with Crippen LogP contribution in [-0.4, -0.2) is 9.13 Å². The normalized spacial score (nSPS) is 12.7. The van der Waals surface area contributed by atoms with Crippen LogP contribution in [0.25, 0.3) is 142 Å². The number of aromatic nitrogens is 2.